The summed E-state index contributed by atoms with van der Waals surface area (Å²) in [6, 6.07) is 20.9. The first-order valence-electron chi connectivity index (χ1n) is 23.4. The van der Waals surface area contributed by atoms with Crippen LogP contribution in [0.15, 0.2) is 84.0 Å². The lowest BCUT2D eigenvalue weighted by atomic mass is 9.59. The molecule has 66 heavy (non-hydrogen) atoms. The van der Waals surface area contributed by atoms with Crippen molar-refractivity contribution in [3.8, 4) is 17.2 Å². The van der Waals surface area contributed by atoms with Crippen LogP contribution in [-0.2, 0) is 10.0 Å². The van der Waals surface area contributed by atoms with Gasteiger partial charge in [0.2, 0.25) is 0 Å². The third-order valence-electron chi connectivity index (χ3n) is 14.7. The van der Waals surface area contributed by atoms with Crippen molar-refractivity contribution in [3.05, 3.63) is 106 Å². The normalized spacial score (nSPS) is 21.6. The fourth-order valence-electron chi connectivity index (χ4n) is 11.1. The molecule has 17 heteroatoms. The lowest BCUT2D eigenvalue weighted by molar-refractivity contribution is -0.384. The number of aromatic nitrogens is 2. The quantitative estimate of drug-likeness (QED) is 0.0828. The molecule has 4 aliphatic heterocycles. The molecule has 1 saturated carbocycles. The number of carbonyl (C=O) groups is 1. The van der Waals surface area contributed by atoms with E-state index in [0.717, 1.165) is 75.8 Å². The molecule has 0 radical (unpaired) electrons. The summed E-state index contributed by atoms with van der Waals surface area (Å²) in [5, 5.41) is 16.4. The highest BCUT2D eigenvalue weighted by Gasteiger charge is 2.50. The van der Waals surface area contributed by atoms with Gasteiger partial charge in [0.15, 0.2) is 11.4 Å². The lowest BCUT2D eigenvalue weighted by Gasteiger charge is -2.56. The highest BCUT2D eigenvalue weighted by Crippen LogP contribution is 2.54. The number of rotatable bonds is 12. The van der Waals surface area contributed by atoms with E-state index in [0.29, 0.717) is 41.4 Å². The van der Waals surface area contributed by atoms with Crippen molar-refractivity contribution in [2.45, 2.75) is 81.3 Å². The summed E-state index contributed by atoms with van der Waals surface area (Å²) in [6.45, 7) is 11.8. The number of nitro benzene ring substituents is 1. The van der Waals surface area contributed by atoms with Crippen LogP contribution in [0.2, 0.25) is 0 Å². The Morgan fingerprint density at radius 1 is 1.02 bits per heavy atom. The maximum absolute atomic E-state index is 14.1. The Morgan fingerprint density at radius 2 is 1.80 bits per heavy atom. The molecule has 5 aliphatic rings. The molecule has 6 heterocycles. The molecule has 3 saturated heterocycles. The lowest BCUT2D eigenvalue weighted by Crippen LogP contribution is -2.54. The van der Waals surface area contributed by atoms with E-state index in [1.165, 1.54) is 42.9 Å². The van der Waals surface area contributed by atoms with Crippen molar-refractivity contribution in [3.63, 3.8) is 0 Å². The number of H-pyrrole nitrogens is 1. The predicted octanol–water partition coefficient (Wildman–Crippen LogP) is 7.51. The van der Waals surface area contributed by atoms with Gasteiger partial charge >= 0.3 is 0 Å². The van der Waals surface area contributed by atoms with Gasteiger partial charge in [0.1, 0.15) is 23.8 Å². The summed E-state index contributed by atoms with van der Waals surface area (Å²) in [6.07, 6.45) is 10.3. The minimum atomic E-state index is -4.64. The number of pyridine rings is 1. The third kappa shape index (κ3) is 8.81. The molecule has 1 spiro atoms. The zero-order valence-corrected chi connectivity index (χ0v) is 38.7. The smallest absolute Gasteiger partial charge is 0.297 e. The monoisotopic (exact) mass is 917 g/mol. The summed E-state index contributed by atoms with van der Waals surface area (Å²) in [7, 11) is -2.56. The van der Waals surface area contributed by atoms with Crippen molar-refractivity contribution in [2.24, 2.45) is 5.41 Å². The van der Waals surface area contributed by atoms with Crippen LogP contribution < -0.4 is 24.4 Å². The number of benzene rings is 3. The minimum absolute atomic E-state index is 0.0249. The minimum Gasteiger partial charge on any atom is -0.489 e. The van der Waals surface area contributed by atoms with E-state index in [1.54, 1.807) is 30.6 Å². The molecule has 3 aromatic carbocycles. The van der Waals surface area contributed by atoms with Gasteiger partial charge < -0.3 is 29.6 Å². The van der Waals surface area contributed by atoms with E-state index in [2.05, 4.69) is 84.8 Å². The molecule has 0 bridgehead atoms. The summed E-state index contributed by atoms with van der Waals surface area (Å²) >= 11 is 0. The van der Waals surface area contributed by atoms with Gasteiger partial charge in [-0.25, -0.2) is 18.1 Å². The Balaban J connectivity index is 0.848. The SMILES string of the molecule is CC(C)c1ccccc1[C@@H]1CCCN1C1CC2(CCN(c3ccc(C(=O)NS(=O)(=O)c4cc5c(c([N+](=O)[O-])c4)N[C@H](CN4CCN(C)CC4)CO5)c(Oc4cnc5[nH]ccc5c4)c3)CC2)C1. The number of likely N-dealkylation sites (N-methyl/N-ethyl adjacent to an activating group) is 1. The molecule has 10 rings (SSSR count). The van der Waals surface area contributed by atoms with Crippen molar-refractivity contribution in [1.82, 2.24) is 29.4 Å². The van der Waals surface area contributed by atoms with E-state index in [9.17, 15) is 23.3 Å². The molecule has 348 valence electrons. The van der Waals surface area contributed by atoms with E-state index < -0.39 is 31.4 Å². The van der Waals surface area contributed by atoms with Gasteiger partial charge in [-0.15, -0.1) is 0 Å². The van der Waals surface area contributed by atoms with Crippen molar-refractivity contribution in [1.29, 1.82) is 0 Å². The van der Waals surface area contributed by atoms with Crippen LogP contribution in [0.3, 0.4) is 0 Å². The fourth-order valence-corrected chi connectivity index (χ4v) is 12.1. The summed E-state index contributed by atoms with van der Waals surface area (Å²) in [5.74, 6) is 0.0896. The second-order valence-corrected chi connectivity index (χ2v) is 21.0. The van der Waals surface area contributed by atoms with E-state index in [-0.39, 0.29) is 35.4 Å². The Morgan fingerprint density at radius 3 is 2.58 bits per heavy atom. The number of piperazine rings is 1. The number of fused-ring (bicyclic) bond motifs is 2. The Labute approximate surface area is 385 Å². The maximum atomic E-state index is 14.1. The fraction of sp³-hybridized carbons (Fsp3) is 0.469. The number of anilines is 2. The number of nitrogens with zero attached hydrogens (tertiary/aromatic N) is 6. The number of nitrogens with one attached hydrogen (secondary N) is 3. The first-order valence-corrected chi connectivity index (χ1v) is 24.8. The highest BCUT2D eigenvalue weighted by atomic mass is 32.2. The molecule has 4 fully saturated rings. The number of sulfonamides is 1. The largest absolute Gasteiger partial charge is 0.489 e. The van der Waals surface area contributed by atoms with Crippen LogP contribution >= 0.6 is 0 Å². The van der Waals surface area contributed by atoms with Gasteiger partial charge in [-0.1, -0.05) is 38.1 Å². The molecule has 1 aliphatic carbocycles. The van der Waals surface area contributed by atoms with Crippen LogP contribution in [0.25, 0.3) is 11.0 Å². The number of carbonyl (C=O) groups excluding carboxylic acids is 1. The Bertz CT molecular complexity index is 2740. The number of aromatic amines is 1. The van der Waals surface area contributed by atoms with Crippen molar-refractivity contribution >= 4 is 44.0 Å². The zero-order valence-electron chi connectivity index (χ0n) is 37.9. The predicted molar refractivity (Wildman–Crippen MR) is 253 cm³/mol. The summed E-state index contributed by atoms with van der Waals surface area (Å²) in [4.78, 5) is 42.5. The van der Waals surface area contributed by atoms with Crippen LogP contribution in [0, 0.1) is 15.5 Å². The maximum Gasteiger partial charge on any atom is 0.297 e. The van der Waals surface area contributed by atoms with Crippen molar-refractivity contribution in [2.75, 3.05) is 76.2 Å². The van der Waals surface area contributed by atoms with Gasteiger partial charge in [0.25, 0.3) is 21.6 Å². The number of nitro groups is 1. The topological polar surface area (TPSA) is 179 Å². The van der Waals surface area contributed by atoms with Gasteiger partial charge in [0.05, 0.1) is 27.6 Å². The van der Waals surface area contributed by atoms with Gasteiger partial charge in [-0.2, -0.15) is 0 Å². The van der Waals surface area contributed by atoms with Crippen LogP contribution in [0.5, 0.6) is 17.2 Å². The second kappa shape index (κ2) is 17.8. The number of likely N-dealkylation sites (tertiary alicyclic amines) is 1. The second-order valence-electron chi connectivity index (χ2n) is 19.4. The number of hydrogen-bond donors (Lipinski definition) is 3. The number of hydrogen-bond acceptors (Lipinski definition) is 13. The zero-order chi connectivity index (χ0) is 45.7. The Kier molecular flexibility index (Phi) is 11.9. The first-order chi connectivity index (χ1) is 31.8. The molecular weight excluding hydrogens is 859 g/mol. The highest BCUT2D eigenvalue weighted by molar-refractivity contribution is 7.90. The van der Waals surface area contributed by atoms with Gasteiger partial charge in [-0.3, -0.25) is 24.7 Å². The average Bonchev–Trinajstić information content (AvgIpc) is 3.99. The van der Waals surface area contributed by atoms with Crippen molar-refractivity contribution < 1.29 is 27.6 Å². The Hall–Kier alpha value is -5.75. The number of piperidine rings is 1. The molecule has 5 aromatic rings. The van der Waals surface area contributed by atoms with Crippen LogP contribution in [0.1, 0.15) is 85.8 Å². The third-order valence-corrected chi connectivity index (χ3v) is 16.0. The van der Waals surface area contributed by atoms with Crippen LogP contribution in [0.4, 0.5) is 17.1 Å². The summed E-state index contributed by atoms with van der Waals surface area (Å²) < 4.78 is 42.4. The molecular formula is C49H59N9O7S. The molecule has 3 N–H and O–H groups in total. The first kappa shape index (κ1) is 44.1. The molecule has 2 atom stereocenters. The summed E-state index contributed by atoms with van der Waals surface area (Å²) in [5.41, 5.74) is 4.42. The van der Waals surface area contributed by atoms with E-state index in [4.69, 9.17) is 9.47 Å². The average molecular weight is 918 g/mol. The van der Waals surface area contributed by atoms with Gasteiger partial charge in [-0.05, 0) is 98.8 Å². The van der Waals surface area contributed by atoms with E-state index >= 15 is 0 Å². The number of amides is 1. The van der Waals surface area contributed by atoms with Gasteiger partial charge in [0, 0.05) is 93.4 Å². The molecule has 16 nitrogen and oxygen atoms in total. The van der Waals surface area contributed by atoms with E-state index in [1.807, 2.05) is 12.1 Å². The van der Waals surface area contributed by atoms with Crippen LogP contribution in [-0.4, -0.2) is 122 Å². The molecule has 1 amide bonds. The standard InChI is InChI=1S/C49H59N9O7S/c1-32(2)39-7-4-5-8-40(39)42-9-6-16-57(42)36-27-49(28-36)13-17-56(18-14-49)35-10-11-41(44(24-35)65-37-23-33-12-15-50-47(33)51-29-37)48(59)53-66(62,63)38-25-43(58(60)61)46-45(26-38)64-31-34(52-46)30-55-21-19-54(3)20-22-55/h4-5,7-8,10-12,15,23-26,29,32,34,36,42,52H,6,9,13-14,16-22,27-28,30-31H2,1-3H3,(H,50,51)(H,53,59)/t34-,42+/m1/s1. The molecule has 0 unspecified atom stereocenters. The number of ether oxygens (including phenoxy) is 2. The molecule has 2 aromatic heterocycles.